The van der Waals surface area contributed by atoms with Gasteiger partial charge in [-0.05, 0) is 50.2 Å². The van der Waals surface area contributed by atoms with E-state index in [0.29, 0.717) is 11.8 Å². The summed E-state index contributed by atoms with van der Waals surface area (Å²) < 4.78 is 0. The molecule has 82 valence electrons. The molecule has 0 aromatic rings. The fourth-order valence-corrected chi connectivity index (χ4v) is 2.57. The monoisotopic (exact) mass is 203 g/mol. The molecule has 0 spiro atoms. The molecule has 2 N–H and O–H groups in total. The lowest BCUT2D eigenvalue weighted by Crippen LogP contribution is -2.19. The summed E-state index contributed by atoms with van der Waals surface area (Å²) >= 11 is 0. The third-order valence-electron chi connectivity index (χ3n) is 3.68. The highest BCUT2D eigenvalue weighted by molar-refractivity contribution is 5.30. The molecule has 0 saturated heterocycles. The summed E-state index contributed by atoms with van der Waals surface area (Å²) in [6, 6.07) is 0.166. The van der Waals surface area contributed by atoms with Crippen molar-refractivity contribution in [1.82, 2.24) is 0 Å². The summed E-state index contributed by atoms with van der Waals surface area (Å²) in [5.74, 6) is 2.01. The number of fused-ring (bicyclic) bond motifs is 1. The zero-order valence-corrected chi connectivity index (χ0v) is 9.96. The summed E-state index contributed by atoms with van der Waals surface area (Å²) in [4.78, 5) is 0. The number of hydrogen-bond donors (Lipinski definition) is 1. The summed E-state index contributed by atoms with van der Waals surface area (Å²) in [5.41, 5.74) is 12.4. The van der Waals surface area contributed by atoms with Crippen LogP contribution in [-0.2, 0) is 0 Å². The molecule has 0 heterocycles. The van der Waals surface area contributed by atoms with Crippen LogP contribution in [0, 0.1) is 17.8 Å². The van der Waals surface area contributed by atoms with E-state index in [0.717, 1.165) is 12.3 Å². The van der Waals surface area contributed by atoms with Gasteiger partial charge < -0.3 is 5.73 Å². The van der Waals surface area contributed by atoms with Gasteiger partial charge >= 0.3 is 0 Å². The van der Waals surface area contributed by atoms with Gasteiger partial charge in [0.25, 0.3) is 0 Å². The van der Waals surface area contributed by atoms with E-state index in [1.54, 1.807) is 5.57 Å². The molecule has 2 aliphatic rings. The van der Waals surface area contributed by atoms with Gasteiger partial charge in [0.1, 0.15) is 0 Å². The quantitative estimate of drug-likeness (QED) is 0.542. The third kappa shape index (κ3) is 2.09. The predicted molar refractivity (Wildman–Crippen MR) is 64.4 cm³/mol. The van der Waals surface area contributed by atoms with E-state index >= 15 is 0 Å². The number of nitrogens with two attached hydrogens (primary N) is 1. The van der Waals surface area contributed by atoms with Crippen LogP contribution in [0.3, 0.4) is 0 Å². The first kappa shape index (κ1) is 10.7. The first-order chi connectivity index (χ1) is 7.13. The van der Waals surface area contributed by atoms with Crippen molar-refractivity contribution in [1.29, 1.82) is 0 Å². The van der Waals surface area contributed by atoms with E-state index < -0.39 is 0 Å². The van der Waals surface area contributed by atoms with Crippen molar-refractivity contribution in [3.63, 3.8) is 0 Å². The molecule has 1 heteroatoms. The molecule has 1 saturated carbocycles. The van der Waals surface area contributed by atoms with Crippen LogP contribution in [0.25, 0.3) is 0 Å². The predicted octanol–water partition coefficient (Wildman–Crippen LogP) is 3.04. The average molecular weight is 203 g/mol. The highest BCUT2D eigenvalue weighted by atomic mass is 14.6. The van der Waals surface area contributed by atoms with Crippen molar-refractivity contribution >= 4 is 0 Å². The van der Waals surface area contributed by atoms with E-state index in [-0.39, 0.29) is 6.04 Å². The summed E-state index contributed by atoms with van der Waals surface area (Å²) in [7, 11) is 0. The Morgan fingerprint density at radius 3 is 2.87 bits per heavy atom. The average Bonchev–Trinajstić information content (AvgIpc) is 2.92. The Kier molecular flexibility index (Phi) is 2.86. The van der Waals surface area contributed by atoms with Crippen molar-refractivity contribution in [3.05, 3.63) is 29.0 Å². The van der Waals surface area contributed by atoms with Gasteiger partial charge in [-0.25, -0.2) is 0 Å². The van der Waals surface area contributed by atoms with Crippen LogP contribution >= 0.6 is 0 Å². The van der Waals surface area contributed by atoms with Crippen molar-refractivity contribution < 1.29 is 0 Å². The molecule has 2 rings (SSSR count). The van der Waals surface area contributed by atoms with E-state index in [4.69, 9.17) is 5.73 Å². The second-order valence-corrected chi connectivity index (χ2v) is 4.99. The summed E-state index contributed by atoms with van der Waals surface area (Å²) in [6.07, 6.45) is 7.07. The van der Waals surface area contributed by atoms with Crippen molar-refractivity contribution in [2.24, 2.45) is 23.5 Å². The van der Waals surface area contributed by atoms with Gasteiger partial charge in [0, 0.05) is 12.0 Å². The molecule has 4 unspecified atom stereocenters. The molecule has 4 atom stereocenters. The van der Waals surface area contributed by atoms with Gasteiger partial charge in [0.2, 0.25) is 0 Å². The Morgan fingerprint density at radius 2 is 2.27 bits per heavy atom. The maximum atomic E-state index is 6.00. The largest absolute Gasteiger partial charge is 0.324 e. The van der Waals surface area contributed by atoms with Crippen molar-refractivity contribution in [2.75, 3.05) is 0 Å². The Bertz CT molecular complexity index is 342. The fourth-order valence-electron chi connectivity index (χ4n) is 2.57. The van der Waals surface area contributed by atoms with E-state index in [2.05, 4.69) is 38.7 Å². The molecular formula is C14H21N. The zero-order chi connectivity index (χ0) is 11.0. The van der Waals surface area contributed by atoms with Gasteiger partial charge in [-0.15, -0.1) is 5.73 Å². The van der Waals surface area contributed by atoms with Crippen LogP contribution in [0.2, 0.25) is 0 Å². The Balaban J connectivity index is 2.32. The Morgan fingerprint density at radius 1 is 1.53 bits per heavy atom. The van der Waals surface area contributed by atoms with Gasteiger partial charge in [-0.2, -0.15) is 0 Å². The van der Waals surface area contributed by atoms with Crippen LogP contribution in [0.15, 0.2) is 29.0 Å². The normalized spacial score (nSPS) is 35.9. The van der Waals surface area contributed by atoms with Crippen LogP contribution in [-0.4, -0.2) is 6.04 Å². The first-order valence-electron chi connectivity index (χ1n) is 6.04. The molecular weight excluding hydrogens is 182 g/mol. The molecule has 1 fully saturated rings. The summed E-state index contributed by atoms with van der Waals surface area (Å²) in [5, 5.41) is 0. The van der Waals surface area contributed by atoms with Crippen LogP contribution in [0.1, 0.15) is 33.6 Å². The van der Waals surface area contributed by atoms with E-state index in [1.807, 2.05) is 0 Å². The minimum atomic E-state index is 0.166. The molecule has 0 aromatic carbocycles. The summed E-state index contributed by atoms with van der Waals surface area (Å²) in [6.45, 7) is 6.57. The number of hydrogen-bond acceptors (Lipinski definition) is 1. The second-order valence-electron chi connectivity index (χ2n) is 4.99. The molecule has 0 aliphatic heterocycles. The molecule has 15 heavy (non-hydrogen) atoms. The fraction of sp³-hybridized carbons (Fsp3) is 0.643. The molecule has 1 nitrogen and oxygen atoms in total. The SMILES string of the molecule is CCC1C=C=C(C(C)N)C2CC2C(C)=C1. The van der Waals surface area contributed by atoms with Gasteiger partial charge in [0.05, 0.1) is 0 Å². The maximum Gasteiger partial charge on any atom is 0.0303 e. The maximum absolute atomic E-state index is 6.00. The molecule has 0 bridgehead atoms. The smallest absolute Gasteiger partial charge is 0.0303 e. The number of allylic oxidation sites excluding steroid dienone is 2. The molecule has 0 aromatic heterocycles. The topological polar surface area (TPSA) is 26.0 Å². The van der Waals surface area contributed by atoms with Crippen molar-refractivity contribution in [3.8, 4) is 0 Å². The molecule has 0 radical (unpaired) electrons. The van der Waals surface area contributed by atoms with E-state index in [9.17, 15) is 0 Å². The number of rotatable bonds is 2. The first-order valence-corrected chi connectivity index (χ1v) is 6.04. The van der Waals surface area contributed by atoms with Gasteiger partial charge in [0.15, 0.2) is 0 Å². The zero-order valence-electron chi connectivity index (χ0n) is 9.96. The van der Waals surface area contributed by atoms with Crippen LogP contribution < -0.4 is 5.73 Å². The second kappa shape index (κ2) is 4.00. The molecule has 2 aliphatic carbocycles. The lowest BCUT2D eigenvalue weighted by molar-refractivity contribution is 0.714. The minimum absolute atomic E-state index is 0.166. The highest BCUT2D eigenvalue weighted by Gasteiger charge is 2.42. The van der Waals surface area contributed by atoms with E-state index in [1.165, 1.54) is 12.0 Å². The Labute approximate surface area is 92.7 Å². The lowest BCUT2D eigenvalue weighted by Gasteiger charge is -2.13. The van der Waals surface area contributed by atoms with Crippen LogP contribution in [0.5, 0.6) is 0 Å². The highest BCUT2D eigenvalue weighted by Crippen LogP contribution is 2.50. The minimum Gasteiger partial charge on any atom is -0.324 e. The van der Waals surface area contributed by atoms with Gasteiger partial charge in [-0.1, -0.05) is 18.6 Å². The molecule has 0 amide bonds. The van der Waals surface area contributed by atoms with Crippen LogP contribution in [0.4, 0.5) is 0 Å². The third-order valence-corrected chi connectivity index (χ3v) is 3.68. The van der Waals surface area contributed by atoms with Crippen molar-refractivity contribution in [2.45, 2.75) is 39.7 Å². The standard InChI is InChI=1S/C14H21N/c1-4-11-5-6-12(10(3)15)14-8-13(14)9(2)7-11/h5,7,10-11,13-14H,4,8,15H2,1-3H3. The Hall–Kier alpha value is -0.780. The van der Waals surface area contributed by atoms with Gasteiger partial charge in [-0.3, -0.25) is 0 Å². The lowest BCUT2D eigenvalue weighted by atomic mass is 9.94.